The fraction of sp³-hybridized carbons (Fsp3) is 0.360. The van der Waals surface area contributed by atoms with Gasteiger partial charge in [-0.15, -0.1) is 0 Å². The number of piperazine rings is 1. The molecule has 2 aromatic carbocycles. The number of H-pyrrole nitrogens is 1. The van der Waals surface area contributed by atoms with E-state index in [-0.39, 0.29) is 18.6 Å². The summed E-state index contributed by atoms with van der Waals surface area (Å²) in [4.78, 5) is 32.1. The van der Waals surface area contributed by atoms with Crippen molar-refractivity contribution in [2.24, 2.45) is 5.73 Å². The van der Waals surface area contributed by atoms with Gasteiger partial charge < -0.3 is 30.4 Å². The molecular formula is C25H26N4O4. The van der Waals surface area contributed by atoms with Crippen molar-refractivity contribution < 1.29 is 19.1 Å². The first-order chi connectivity index (χ1) is 16.1. The molecule has 0 radical (unpaired) electrons. The summed E-state index contributed by atoms with van der Waals surface area (Å²) in [6, 6.07) is 10.6. The summed E-state index contributed by atoms with van der Waals surface area (Å²) in [6.45, 7) is 1.16. The Labute approximate surface area is 191 Å². The zero-order chi connectivity index (χ0) is 22.5. The molecule has 3 aromatic rings. The van der Waals surface area contributed by atoms with Crippen molar-refractivity contribution in [3.8, 4) is 11.5 Å². The molecule has 6 rings (SSSR count). The van der Waals surface area contributed by atoms with Gasteiger partial charge in [0, 0.05) is 23.0 Å². The summed E-state index contributed by atoms with van der Waals surface area (Å²) in [6.07, 6.45) is 3.03. The Balaban J connectivity index is 1.36. The molecule has 8 heteroatoms. The van der Waals surface area contributed by atoms with E-state index in [1.807, 2.05) is 30.3 Å². The van der Waals surface area contributed by atoms with Gasteiger partial charge in [-0.25, -0.2) is 0 Å². The van der Waals surface area contributed by atoms with Crippen molar-refractivity contribution in [3.05, 3.63) is 58.8 Å². The first-order valence-corrected chi connectivity index (χ1v) is 11.5. The molecule has 3 aliphatic rings. The predicted octanol–water partition coefficient (Wildman–Crippen LogP) is 2.30. The number of carbonyl (C=O) groups is 2. The van der Waals surface area contributed by atoms with E-state index < -0.39 is 12.1 Å². The van der Waals surface area contributed by atoms with Gasteiger partial charge in [-0.2, -0.15) is 0 Å². The molecule has 1 aromatic heterocycles. The summed E-state index contributed by atoms with van der Waals surface area (Å²) >= 11 is 0. The van der Waals surface area contributed by atoms with E-state index in [1.54, 1.807) is 4.90 Å². The molecule has 33 heavy (non-hydrogen) atoms. The van der Waals surface area contributed by atoms with Gasteiger partial charge >= 0.3 is 0 Å². The number of nitrogens with zero attached hydrogens (tertiary/aromatic N) is 1. The lowest BCUT2D eigenvalue weighted by atomic mass is 9.89. The van der Waals surface area contributed by atoms with E-state index in [9.17, 15) is 9.59 Å². The number of hydrogen-bond acceptors (Lipinski definition) is 5. The number of aryl methyl sites for hydroxylation is 1. The molecule has 0 aliphatic carbocycles. The number of amides is 2. The number of aromatic amines is 1. The summed E-state index contributed by atoms with van der Waals surface area (Å²) < 4.78 is 11.1. The number of rotatable bonds is 5. The van der Waals surface area contributed by atoms with Crippen LogP contribution in [0, 0.1) is 0 Å². The molecule has 1 saturated heterocycles. The molecule has 0 saturated carbocycles. The zero-order valence-electron chi connectivity index (χ0n) is 18.2. The van der Waals surface area contributed by atoms with Crippen LogP contribution >= 0.6 is 0 Å². The van der Waals surface area contributed by atoms with Crippen molar-refractivity contribution in [2.45, 2.75) is 44.3 Å². The van der Waals surface area contributed by atoms with E-state index >= 15 is 0 Å². The highest BCUT2D eigenvalue weighted by molar-refractivity contribution is 5.99. The van der Waals surface area contributed by atoms with Crippen LogP contribution in [-0.4, -0.2) is 41.1 Å². The molecule has 0 spiro atoms. The standard InChI is InChI=1S/C25H26N4O4/c26-8-4-3-5-14-9-21-22(33-13-32-21)11-16(14)23-25(31)29-12-19-17(10-20(29)24(30)28-23)15-6-1-2-7-18(15)27-19/h1-2,6-7,9,11,20,23,27H,3-5,8,10,12-13,26H2,(H,28,30)/t20-,23+/m1/s1. The van der Waals surface area contributed by atoms with Gasteiger partial charge in [0.1, 0.15) is 12.1 Å². The van der Waals surface area contributed by atoms with E-state index in [0.29, 0.717) is 31.0 Å². The average molecular weight is 447 g/mol. The van der Waals surface area contributed by atoms with Crippen LogP contribution in [0.5, 0.6) is 11.5 Å². The lowest BCUT2D eigenvalue weighted by molar-refractivity contribution is -0.151. The minimum atomic E-state index is -0.748. The van der Waals surface area contributed by atoms with Crippen molar-refractivity contribution in [1.82, 2.24) is 15.2 Å². The van der Waals surface area contributed by atoms with Gasteiger partial charge in [0.2, 0.25) is 12.7 Å². The first kappa shape index (κ1) is 20.1. The molecule has 0 bridgehead atoms. The number of carbonyl (C=O) groups excluding carboxylic acids is 2. The van der Waals surface area contributed by atoms with Gasteiger partial charge in [0.15, 0.2) is 11.5 Å². The molecule has 4 heterocycles. The van der Waals surface area contributed by atoms with E-state index in [1.165, 1.54) is 0 Å². The zero-order valence-corrected chi connectivity index (χ0v) is 18.2. The highest BCUT2D eigenvalue weighted by atomic mass is 16.7. The molecule has 1 fully saturated rings. The van der Waals surface area contributed by atoms with Crippen LogP contribution in [0.2, 0.25) is 0 Å². The second-order valence-electron chi connectivity index (χ2n) is 8.91. The third-order valence-corrected chi connectivity index (χ3v) is 6.97. The van der Waals surface area contributed by atoms with Crippen molar-refractivity contribution in [2.75, 3.05) is 13.3 Å². The maximum Gasteiger partial charge on any atom is 0.250 e. The van der Waals surface area contributed by atoms with Crippen LogP contribution in [0.1, 0.15) is 41.3 Å². The highest BCUT2D eigenvalue weighted by Crippen LogP contribution is 2.40. The number of para-hydroxylation sites is 1. The van der Waals surface area contributed by atoms with Crippen LogP contribution in [0.4, 0.5) is 0 Å². The van der Waals surface area contributed by atoms with Gasteiger partial charge in [-0.3, -0.25) is 9.59 Å². The number of aromatic nitrogens is 1. The maximum atomic E-state index is 13.7. The van der Waals surface area contributed by atoms with Crippen molar-refractivity contribution in [3.63, 3.8) is 0 Å². The van der Waals surface area contributed by atoms with E-state index in [2.05, 4.69) is 16.4 Å². The van der Waals surface area contributed by atoms with Crippen LogP contribution in [-0.2, 0) is 29.0 Å². The number of hydrogen-bond donors (Lipinski definition) is 3. The monoisotopic (exact) mass is 446 g/mol. The lowest BCUT2D eigenvalue weighted by Crippen LogP contribution is -2.61. The second kappa shape index (κ2) is 7.81. The number of unbranched alkanes of at least 4 members (excludes halogenated alkanes) is 1. The average Bonchev–Trinajstić information content (AvgIpc) is 3.43. The summed E-state index contributed by atoms with van der Waals surface area (Å²) in [5.41, 5.74) is 10.6. The van der Waals surface area contributed by atoms with E-state index in [0.717, 1.165) is 52.5 Å². The Morgan fingerprint density at radius 2 is 1.91 bits per heavy atom. The van der Waals surface area contributed by atoms with Crippen molar-refractivity contribution in [1.29, 1.82) is 0 Å². The smallest absolute Gasteiger partial charge is 0.250 e. The fourth-order valence-electron chi connectivity index (χ4n) is 5.30. The van der Waals surface area contributed by atoms with E-state index in [4.69, 9.17) is 15.2 Å². The molecule has 2 amide bonds. The predicted molar refractivity (Wildman–Crippen MR) is 122 cm³/mol. The minimum Gasteiger partial charge on any atom is -0.454 e. The molecule has 4 N–H and O–H groups in total. The van der Waals surface area contributed by atoms with Crippen LogP contribution in [0.15, 0.2) is 36.4 Å². The third kappa shape index (κ3) is 3.24. The van der Waals surface area contributed by atoms with Gasteiger partial charge in [0.05, 0.1) is 6.54 Å². The van der Waals surface area contributed by atoms with Gasteiger partial charge in [0.25, 0.3) is 5.91 Å². The second-order valence-corrected chi connectivity index (χ2v) is 8.91. The lowest BCUT2D eigenvalue weighted by Gasteiger charge is -2.42. The molecular weight excluding hydrogens is 420 g/mol. The number of nitrogens with one attached hydrogen (secondary N) is 2. The highest BCUT2D eigenvalue weighted by Gasteiger charge is 2.45. The molecule has 0 unspecified atom stereocenters. The number of ether oxygens (including phenoxy) is 2. The largest absolute Gasteiger partial charge is 0.454 e. The Morgan fingerprint density at radius 3 is 2.76 bits per heavy atom. The van der Waals surface area contributed by atoms with Crippen molar-refractivity contribution >= 4 is 22.7 Å². The topological polar surface area (TPSA) is 110 Å². The molecule has 170 valence electrons. The SMILES string of the molecule is NCCCCc1cc2c(cc1[C@@H]1NC(=O)[C@H]3Cc4c([nH]c5ccccc45)CN3C1=O)OCO2. The number of benzene rings is 2. The fourth-order valence-corrected chi connectivity index (χ4v) is 5.30. The molecule has 8 nitrogen and oxygen atoms in total. The quantitative estimate of drug-likeness (QED) is 0.521. The summed E-state index contributed by atoms with van der Waals surface area (Å²) in [7, 11) is 0. The third-order valence-electron chi connectivity index (χ3n) is 6.97. The number of fused-ring (bicyclic) bond motifs is 5. The normalized spacial score (nSPS) is 21.2. The van der Waals surface area contributed by atoms with Gasteiger partial charge in [-0.1, -0.05) is 18.2 Å². The summed E-state index contributed by atoms with van der Waals surface area (Å²) in [5, 5.41) is 4.13. The number of nitrogens with two attached hydrogens (primary N) is 1. The van der Waals surface area contributed by atoms with Crippen LogP contribution in [0.3, 0.4) is 0 Å². The molecule has 3 aliphatic heterocycles. The van der Waals surface area contributed by atoms with Crippen LogP contribution < -0.4 is 20.5 Å². The van der Waals surface area contributed by atoms with Gasteiger partial charge in [-0.05, 0) is 60.7 Å². The first-order valence-electron chi connectivity index (χ1n) is 11.5. The molecule has 2 atom stereocenters. The summed E-state index contributed by atoms with van der Waals surface area (Å²) in [5.74, 6) is 1.06. The Hall–Kier alpha value is -3.52. The van der Waals surface area contributed by atoms with Crippen LogP contribution in [0.25, 0.3) is 10.9 Å². The Morgan fingerprint density at radius 1 is 1.09 bits per heavy atom. The Kier molecular flexibility index (Phi) is 4.76. The maximum absolute atomic E-state index is 13.7. The Bertz CT molecular complexity index is 1270. The minimum absolute atomic E-state index is 0.0946.